The van der Waals surface area contributed by atoms with Crippen molar-refractivity contribution in [2.45, 2.75) is 13.5 Å². The molecule has 2 aromatic rings. The second-order valence-corrected chi connectivity index (χ2v) is 4.93. The Morgan fingerprint density at radius 3 is 2.94 bits per heavy atom. The van der Waals surface area contributed by atoms with Crippen LogP contribution in [0.3, 0.4) is 0 Å². The van der Waals surface area contributed by atoms with Gasteiger partial charge in [-0.1, -0.05) is 6.07 Å². The Labute approximate surface area is 105 Å². The van der Waals surface area contributed by atoms with Gasteiger partial charge in [0, 0.05) is 32.0 Å². The van der Waals surface area contributed by atoms with Crippen LogP contribution in [0.25, 0.3) is 5.65 Å². The van der Waals surface area contributed by atoms with Gasteiger partial charge in [0.05, 0.1) is 11.6 Å². The third-order valence-electron chi connectivity index (χ3n) is 3.34. The molecule has 0 aliphatic carbocycles. The number of hydrogen-bond donors (Lipinski definition) is 1. The van der Waals surface area contributed by atoms with Gasteiger partial charge < -0.3 is 9.51 Å². The normalized spacial score (nSPS) is 16.9. The van der Waals surface area contributed by atoms with Gasteiger partial charge in [-0.25, -0.2) is 4.98 Å². The van der Waals surface area contributed by atoms with E-state index >= 15 is 0 Å². The summed E-state index contributed by atoms with van der Waals surface area (Å²) in [4.78, 5) is 17.3. The first kappa shape index (κ1) is 11.2. The molecule has 3 heterocycles. The van der Waals surface area contributed by atoms with Crippen LogP contribution in [0.5, 0.6) is 0 Å². The molecule has 0 spiro atoms. The van der Waals surface area contributed by atoms with Crippen LogP contribution in [0.2, 0.25) is 0 Å². The van der Waals surface area contributed by atoms with E-state index in [4.69, 9.17) is 5.11 Å². The Balaban J connectivity index is 1.71. The molecule has 0 atom stereocenters. The number of nitrogens with zero attached hydrogens (tertiary/aromatic N) is 3. The zero-order valence-electron chi connectivity index (χ0n) is 10.2. The molecule has 1 N–H and O–H groups in total. The van der Waals surface area contributed by atoms with Gasteiger partial charge in [0.25, 0.3) is 0 Å². The molecule has 0 unspecified atom stereocenters. The van der Waals surface area contributed by atoms with Gasteiger partial charge in [0.2, 0.25) is 0 Å². The second-order valence-electron chi connectivity index (χ2n) is 4.93. The molecule has 1 fully saturated rings. The van der Waals surface area contributed by atoms with E-state index in [2.05, 4.69) is 9.88 Å². The molecule has 5 nitrogen and oxygen atoms in total. The van der Waals surface area contributed by atoms with Gasteiger partial charge in [0.15, 0.2) is 0 Å². The van der Waals surface area contributed by atoms with Crippen molar-refractivity contribution in [3.8, 4) is 0 Å². The Morgan fingerprint density at radius 2 is 2.22 bits per heavy atom. The maximum atomic E-state index is 10.7. The Bertz CT molecular complexity index is 599. The van der Waals surface area contributed by atoms with Crippen LogP contribution in [0.4, 0.5) is 0 Å². The van der Waals surface area contributed by atoms with Crippen LogP contribution in [0.1, 0.15) is 11.3 Å². The number of rotatable bonds is 3. The van der Waals surface area contributed by atoms with E-state index < -0.39 is 5.97 Å². The van der Waals surface area contributed by atoms with E-state index in [0.717, 1.165) is 17.9 Å². The predicted molar refractivity (Wildman–Crippen MR) is 66.3 cm³/mol. The molecule has 0 saturated carbocycles. The summed E-state index contributed by atoms with van der Waals surface area (Å²) in [6, 6.07) is 4.03. The summed E-state index contributed by atoms with van der Waals surface area (Å²) in [7, 11) is 0. The number of aliphatic carboxylic acids is 1. The fourth-order valence-corrected chi connectivity index (χ4v) is 2.32. The molecular weight excluding hydrogens is 230 g/mol. The number of likely N-dealkylation sites (tertiary alicyclic amines) is 1. The smallest absolute Gasteiger partial charge is 0.309 e. The summed E-state index contributed by atoms with van der Waals surface area (Å²) < 4.78 is 2.01. The predicted octanol–water partition coefficient (Wildman–Crippen LogP) is 1.16. The molecule has 3 rings (SSSR count). The van der Waals surface area contributed by atoms with E-state index in [9.17, 15) is 4.79 Å². The topological polar surface area (TPSA) is 57.8 Å². The summed E-state index contributed by atoms with van der Waals surface area (Å²) >= 11 is 0. The van der Waals surface area contributed by atoms with E-state index in [1.807, 2.05) is 35.9 Å². The minimum atomic E-state index is -0.697. The molecule has 2 aromatic heterocycles. The van der Waals surface area contributed by atoms with Gasteiger partial charge in [-0.15, -0.1) is 0 Å². The highest BCUT2D eigenvalue weighted by Gasteiger charge is 2.32. The van der Waals surface area contributed by atoms with Crippen LogP contribution < -0.4 is 0 Å². The Morgan fingerprint density at radius 1 is 1.44 bits per heavy atom. The lowest BCUT2D eigenvalue weighted by Gasteiger charge is -2.35. The third-order valence-corrected chi connectivity index (χ3v) is 3.34. The zero-order valence-corrected chi connectivity index (χ0v) is 10.2. The number of aromatic nitrogens is 2. The number of pyridine rings is 1. The van der Waals surface area contributed by atoms with Gasteiger partial charge in [-0.2, -0.15) is 0 Å². The molecule has 0 bridgehead atoms. The minimum absolute atomic E-state index is 0.204. The van der Waals surface area contributed by atoms with Crippen LogP contribution in [-0.2, 0) is 11.3 Å². The maximum absolute atomic E-state index is 10.7. The summed E-state index contributed by atoms with van der Waals surface area (Å²) in [5.41, 5.74) is 3.12. The van der Waals surface area contributed by atoms with Crippen molar-refractivity contribution >= 4 is 11.6 Å². The van der Waals surface area contributed by atoms with Crippen molar-refractivity contribution in [2.24, 2.45) is 5.92 Å². The van der Waals surface area contributed by atoms with Crippen molar-refractivity contribution in [1.82, 2.24) is 14.3 Å². The van der Waals surface area contributed by atoms with Crippen molar-refractivity contribution in [1.29, 1.82) is 0 Å². The van der Waals surface area contributed by atoms with Gasteiger partial charge in [-0.3, -0.25) is 9.69 Å². The standard InChI is InChI=1S/C13H15N3O2/c1-9-2-3-12-14-11(8-16(12)4-9)7-15-5-10(6-15)13(17)18/h2-4,8,10H,5-7H2,1H3,(H,17,18). The number of carboxylic acids is 1. The zero-order chi connectivity index (χ0) is 12.7. The lowest BCUT2D eigenvalue weighted by atomic mass is 10.0. The molecular formula is C13H15N3O2. The molecule has 1 saturated heterocycles. The lowest BCUT2D eigenvalue weighted by molar-refractivity contribution is -0.147. The molecule has 5 heteroatoms. The lowest BCUT2D eigenvalue weighted by Crippen LogP contribution is -2.49. The van der Waals surface area contributed by atoms with Gasteiger partial charge >= 0.3 is 5.97 Å². The molecule has 0 radical (unpaired) electrons. The number of hydrogen-bond acceptors (Lipinski definition) is 3. The van der Waals surface area contributed by atoms with E-state index in [1.54, 1.807) is 0 Å². The summed E-state index contributed by atoms with van der Waals surface area (Å²) in [5.74, 6) is -0.902. The fourth-order valence-electron chi connectivity index (χ4n) is 2.32. The average Bonchev–Trinajstić information content (AvgIpc) is 2.63. The highest BCUT2D eigenvalue weighted by molar-refractivity contribution is 5.71. The summed E-state index contributed by atoms with van der Waals surface area (Å²) in [6.07, 6.45) is 4.05. The van der Waals surface area contributed by atoms with Crippen LogP contribution in [0, 0.1) is 12.8 Å². The monoisotopic (exact) mass is 245 g/mol. The molecule has 18 heavy (non-hydrogen) atoms. The second kappa shape index (κ2) is 4.10. The first-order valence-corrected chi connectivity index (χ1v) is 6.01. The van der Waals surface area contributed by atoms with Crippen molar-refractivity contribution in [3.05, 3.63) is 35.8 Å². The molecule has 1 aliphatic rings. The molecule has 1 aliphatic heterocycles. The number of imidazole rings is 1. The van der Waals surface area contributed by atoms with Crippen molar-refractivity contribution in [3.63, 3.8) is 0 Å². The van der Waals surface area contributed by atoms with E-state index in [0.29, 0.717) is 13.1 Å². The van der Waals surface area contributed by atoms with Crippen LogP contribution >= 0.6 is 0 Å². The highest BCUT2D eigenvalue weighted by Crippen LogP contribution is 2.18. The van der Waals surface area contributed by atoms with Gasteiger partial charge in [-0.05, 0) is 18.6 Å². The largest absolute Gasteiger partial charge is 0.481 e. The van der Waals surface area contributed by atoms with Gasteiger partial charge in [0.1, 0.15) is 5.65 Å². The van der Waals surface area contributed by atoms with E-state index in [1.165, 1.54) is 5.56 Å². The summed E-state index contributed by atoms with van der Waals surface area (Å²) in [5, 5.41) is 8.82. The number of aryl methyl sites for hydroxylation is 1. The fraction of sp³-hybridized carbons (Fsp3) is 0.385. The third kappa shape index (κ3) is 1.97. The number of carboxylic acid groups (broad SMARTS) is 1. The van der Waals surface area contributed by atoms with Crippen molar-refractivity contribution < 1.29 is 9.90 Å². The first-order valence-electron chi connectivity index (χ1n) is 6.01. The molecule has 94 valence electrons. The van der Waals surface area contributed by atoms with Crippen LogP contribution in [-0.4, -0.2) is 38.4 Å². The van der Waals surface area contributed by atoms with Crippen molar-refractivity contribution in [2.75, 3.05) is 13.1 Å². The first-order chi connectivity index (χ1) is 8.61. The SMILES string of the molecule is Cc1ccc2nc(CN3CC(C(=O)O)C3)cn2c1. The quantitative estimate of drug-likeness (QED) is 0.881. The minimum Gasteiger partial charge on any atom is -0.481 e. The van der Waals surface area contributed by atoms with E-state index in [-0.39, 0.29) is 5.92 Å². The summed E-state index contributed by atoms with van der Waals surface area (Å²) in [6.45, 7) is 4.03. The molecule has 0 amide bonds. The molecule has 0 aromatic carbocycles. The number of carbonyl (C=O) groups is 1. The Kier molecular flexibility index (Phi) is 2.56. The number of fused-ring (bicyclic) bond motifs is 1. The highest BCUT2D eigenvalue weighted by atomic mass is 16.4. The maximum Gasteiger partial charge on any atom is 0.309 e. The van der Waals surface area contributed by atoms with Crippen LogP contribution in [0.15, 0.2) is 24.5 Å². The Hall–Kier alpha value is -1.88. The average molecular weight is 245 g/mol.